The van der Waals surface area contributed by atoms with Crippen LogP contribution in [0.5, 0.6) is 11.5 Å². The Hall–Kier alpha value is -3.48. The molecule has 0 fully saturated rings. The number of fused-ring (bicyclic) bond motifs is 1. The van der Waals surface area contributed by atoms with Crippen LogP contribution in [-0.4, -0.2) is 36.2 Å². The maximum Gasteiger partial charge on any atom is 0.318 e. The molecule has 2 aromatic carbocycles. The van der Waals surface area contributed by atoms with E-state index in [1.54, 1.807) is 6.08 Å². The fourth-order valence-electron chi connectivity index (χ4n) is 3.18. The molecule has 144 valence electrons. The summed E-state index contributed by atoms with van der Waals surface area (Å²) < 4.78 is 10.6. The van der Waals surface area contributed by atoms with E-state index in [9.17, 15) is 9.59 Å². The van der Waals surface area contributed by atoms with Crippen molar-refractivity contribution in [2.45, 2.75) is 19.1 Å². The summed E-state index contributed by atoms with van der Waals surface area (Å²) in [5.41, 5.74) is 1.91. The van der Waals surface area contributed by atoms with Crippen LogP contribution in [0.1, 0.15) is 11.1 Å². The van der Waals surface area contributed by atoms with Crippen molar-refractivity contribution in [1.29, 1.82) is 0 Å². The van der Waals surface area contributed by atoms with Gasteiger partial charge in [-0.3, -0.25) is 4.79 Å². The van der Waals surface area contributed by atoms with Crippen molar-refractivity contribution >= 4 is 11.9 Å². The lowest BCUT2D eigenvalue weighted by Gasteiger charge is -2.24. The number of ether oxygens (including phenoxy) is 2. The Morgan fingerprint density at radius 2 is 1.75 bits per heavy atom. The molecule has 2 aliphatic rings. The van der Waals surface area contributed by atoms with Gasteiger partial charge >= 0.3 is 6.03 Å². The summed E-state index contributed by atoms with van der Waals surface area (Å²) in [6.07, 6.45) is 3.57. The number of carbonyl (C=O) groups is 2. The third-order valence-electron chi connectivity index (χ3n) is 4.68. The van der Waals surface area contributed by atoms with Gasteiger partial charge in [-0.2, -0.15) is 0 Å². The largest absolute Gasteiger partial charge is 0.454 e. The topological polar surface area (TPSA) is 79.9 Å². The molecule has 7 heteroatoms. The minimum absolute atomic E-state index is 0.213. The molecule has 28 heavy (non-hydrogen) atoms. The second kappa shape index (κ2) is 8.04. The maximum absolute atomic E-state index is 12.6. The van der Waals surface area contributed by atoms with Gasteiger partial charge in [0.25, 0.3) is 0 Å². The quantitative estimate of drug-likeness (QED) is 0.781. The zero-order valence-electron chi connectivity index (χ0n) is 15.3. The lowest BCUT2D eigenvalue weighted by molar-refractivity contribution is -0.123. The van der Waals surface area contributed by atoms with E-state index in [1.165, 1.54) is 4.90 Å². The van der Waals surface area contributed by atoms with E-state index in [2.05, 4.69) is 10.6 Å². The molecule has 0 unspecified atom stereocenters. The molecule has 0 aliphatic carbocycles. The van der Waals surface area contributed by atoms with Crippen LogP contribution in [0.2, 0.25) is 0 Å². The van der Waals surface area contributed by atoms with E-state index in [0.29, 0.717) is 31.1 Å². The number of nitrogens with one attached hydrogen (secondary N) is 2. The van der Waals surface area contributed by atoms with Gasteiger partial charge in [-0.1, -0.05) is 48.6 Å². The van der Waals surface area contributed by atoms with Crippen molar-refractivity contribution in [2.24, 2.45) is 0 Å². The highest BCUT2D eigenvalue weighted by Crippen LogP contribution is 2.32. The zero-order valence-corrected chi connectivity index (χ0v) is 15.3. The summed E-state index contributed by atoms with van der Waals surface area (Å²) in [6.45, 7) is 1.38. The van der Waals surface area contributed by atoms with Gasteiger partial charge in [0.05, 0.1) is 0 Å². The predicted octanol–water partition coefficient (Wildman–Crippen LogP) is 2.18. The molecule has 0 saturated carbocycles. The summed E-state index contributed by atoms with van der Waals surface area (Å²) in [5, 5.41) is 5.75. The van der Waals surface area contributed by atoms with E-state index >= 15 is 0 Å². The molecule has 2 aliphatic heterocycles. The lowest BCUT2D eigenvalue weighted by Crippen LogP contribution is -2.49. The second-order valence-electron chi connectivity index (χ2n) is 6.58. The number of rotatable bonds is 5. The molecule has 0 saturated heterocycles. The van der Waals surface area contributed by atoms with Gasteiger partial charge in [-0.25, -0.2) is 4.79 Å². The molecule has 0 radical (unpaired) electrons. The third kappa shape index (κ3) is 3.93. The van der Waals surface area contributed by atoms with Crippen molar-refractivity contribution in [3.63, 3.8) is 0 Å². The number of nitrogens with zero attached hydrogens (tertiary/aromatic N) is 1. The standard InChI is InChI=1S/C21H21N3O4/c25-20(22-13-16-8-9-18-19(11-16)28-14-27-18)17-7-4-10-24(17)21(26)23-12-15-5-2-1-3-6-15/h1-9,11,17H,10,12-14H2,(H,22,25)(H,23,26)/t17-/m0/s1. The number of benzene rings is 2. The molecular formula is C21H21N3O4. The Bertz CT molecular complexity index is 898. The highest BCUT2D eigenvalue weighted by Gasteiger charge is 2.30. The number of amides is 3. The van der Waals surface area contributed by atoms with Gasteiger partial charge < -0.3 is 25.0 Å². The van der Waals surface area contributed by atoms with Crippen LogP contribution < -0.4 is 20.1 Å². The molecule has 0 bridgehead atoms. The molecule has 2 aromatic rings. The van der Waals surface area contributed by atoms with Crippen LogP contribution in [0.25, 0.3) is 0 Å². The second-order valence-corrected chi connectivity index (χ2v) is 6.58. The minimum Gasteiger partial charge on any atom is -0.454 e. The molecule has 2 N–H and O–H groups in total. The first-order chi connectivity index (χ1) is 13.7. The van der Waals surface area contributed by atoms with Gasteiger partial charge in [0.15, 0.2) is 11.5 Å². The summed E-state index contributed by atoms with van der Waals surface area (Å²) >= 11 is 0. The van der Waals surface area contributed by atoms with Crippen molar-refractivity contribution < 1.29 is 19.1 Å². The monoisotopic (exact) mass is 379 g/mol. The molecular weight excluding hydrogens is 358 g/mol. The van der Waals surface area contributed by atoms with Gasteiger partial charge in [-0.15, -0.1) is 0 Å². The van der Waals surface area contributed by atoms with E-state index in [-0.39, 0.29) is 18.7 Å². The Morgan fingerprint density at radius 1 is 0.964 bits per heavy atom. The van der Waals surface area contributed by atoms with Crippen LogP contribution in [0.15, 0.2) is 60.7 Å². The molecule has 2 heterocycles. The fraction of sp³-hybridized carbons (Fsp3) is 0.238. The molecule has 0 spiro atoms. The van der Waals surface area contributed by atoms with Gasteiger partial charge in [0.1, 0.15) is 6.04 Å². The SMILES string of the molecule is O=C(NCc1ccc2c(c1)OCO2)[C@@H]1C=CCN1C(=O)NCc1ccccc1. The van der Waals surface area contributed by atoms with Crippen molar-refractivity contribution in [1.82, 2.24) is 15.5 Å². The van der Waals surface area contributed by atoms with Crippen molar-refractivity contribution in [3.05, 3.63) is 71.8 Å². The normalized spacial score (nSPS) is 16.9. The maximum atomic E-state index is 12.6. The summed E-state index contributed by atoms with van der Waals surface area (Å²) in [5.74, 6) is 1.16. The smallest absolute Gasteiger partial charge is 0.318 e. The number of urea groups is 1. The first-order valence-electron chi connectivity index (χ1n) is 9.12. The highest BCUT2D eigenvalue weighted by molar-refractivity contribution is 5.89. The molecule has 0 aromatic heterocycles. The summed E-state index contributed by atoms with van der Waals surface area (Å²) in [4.78, 5) is 26.6. The van der Waals surface area contributed by atoms with Crippen LogP contribution in [0.3, 0.4) is 0 Å². The third-order valence-corrected chi connectivity index (χ3v) is 4.68. The lowest BCUT2D eigenvalue weighted by atomic mass is 10.2. The van der Waals surface area contributed by atoms with Gasteiger partial charge in [0.2, 0.25) is 12.7 Å². The first-order valence-corrected chi connectivity index (χ1v) is 9.12. The van der Waals surface area contributed by atoms with E-state index in [1.807, 2.05) is 54.6 Å². The molecule has 4 rings (SSSR count). The molecule has 1 atom stereocenters. The highest BCUT2D eigenvalue weighted by atomic mass is 16.7. The number of hydrogen-bond acceptors (Lipinski definition) is 4. The first kappa shape index (κ1) is 17.9. The van der Waals surface area contributed by atoms with Crippen LogP contribution in [0, 0.1) is 0 Å². The van der Waals surface area contributed by atoms with Crippen LogP contribution >= 0.6 is 0 Å². The van der Waals surface area contributed by atoms with Crippen molar-refractivity contribution in [2.75, 3.05) is 13.3 Å². The minimum atomic E-state index is -0.621. The van der Waals surface area contributed by atoms with Crippen molar-refractivity contribution in [3.8, 4) is 11.5 Å². The van der Waals surface area contributed by atoms with Gasteiger partial charge in [-0.05, 0) is 23.3 Å². The van der Waals surface area contributed by atoms with E-state index in [4.69, 9.17) is 9.47 Å². The fourth-order valence-corrected chi connectivity index (χ4v) is 3.18. The number of carbonyl (C=O) groups excluding carboxylic acids is 2. The Morgan fingerprint density at radius 3 is 2.61 bits per heavy atom. The van der Waals surface area contributed by atoms with Crippen LogP contribution in [-0.2, 0) is 17.9 Å². The van der Waals surface area contributed by atoms with Gasteiger partial charge in [0, 0.05) is 19.6 Å². The van der Waals surface area contributed by atoms with E-state index < -0.39 is 6.04 Å². The Kier molecular flexibility index (Phi) is 5.14. The van der Waals surface area contributed by atoms with Crippen LogP contribution in [0.4, 0.5) is 4.79 Å². The summed E-state index contributed by atoms with van der Waals surface area (Å²) in [6, 6.07) is 14.3. The Balaban J connectivity index is 1.31. The van der Waals surface area contributed by atoms with E-state index in [0.717, 1.165) is 11.1 Å². The zero-order chi connectivity index (χ0) is 19.3. The Labute approximate surface area is 162 Å². The summed E-state index contributed by atoms with van der Waals surface area (Å²) in [7, 11) is 0. The predicted molar refractivity (Wildman–Crippen MR) is 103 cm³/mol. The average Bonchev–Trinajstić information content (AvgIpc) is 3.40. The molecule has 3 amide bonds. The number of hydrogen-bond donors (Lipinski definition) is 2. The average molecular weight is 379 g/mol. The molecule has 7 nitrogen and oxygen atoms in total.